The van der Waals surface area contributed by atoms with Crippen LogP contribution in [0.2, 0.25) is 0 Å². The second kappa shape index (κ2) is 4.24. The predicted octanol–water partition coefficient (Wildman–Crippen LogP) is 4.17. The standard InChI is InChI=1S/C22H16O/c1-14-17(18-7-3-4-8-19(18)21(14)23)10-11-22-13-16(22)12-15-6-2-5-9-20(15)22/h2-9,16H,12-13H2,1H3. The van der Waals surface area contributed by atoms with Gasteiger partial charge < -0.3 is 0 Å². The second-order valence-corrected chi connectivity index (χ2v) is 6.86. The molecule has 2 atom stereocenters. The lowest BCUT2D eigenvalue weighted by molar-refractivity contribution is 0.103. The van der Waals surface area contributed by atoms with E-state index in [1.165, 1.54) is 17.5 Å². The van der Waals surface area contributed by atoms with Crippen LogP contribution in [0, 0.1) is 17.8 Å². The number of fused-ring (bicyclic) bond motifs is 4. The molecule has 2 aromatic rings. The number of benzene rings is 2. The number of carbonyl (C=O) groups excluding carboxylic acids is 1. The van der Waals surface area contributed by atoms with Gasteiger partial charge in [-0.2, -0.15) is 0 Å². The molecule has 2 aromatic carbocycles. The van der Waals surface area contributed by atoms with E-state index in [4.69, 9.17) is 0 Å². The Bertz CT molecular complexity index is 967. The van der Waals surface area contributed by atoms with Gasteiger partial charge in [-0.05, 0) is 36.8 Å². The van der Waals surface area contributed by atoms with Crippen LogP contribution in [0.3, 0.4) is 0 Å². The highest BCUT2D eigenvalue weighted by atomic mass is 16.1. The number of allylic oxidation sites excluding steroid dienone is 2. The molecule has 3 aliphatic carbocycles. The first-order valence-electron chi connectivity index (χ1n) is 8.17. The minimum absolute atomic E-state index is 0.0461. The fraction of sp³-hybridized carbons (Fsp3) is 0.227. The maximum Gasteiger partial charge on any atom is 0.190 e. The summed E-state index contributed by atoms with van der Waals surface area (Å²) in [4.78, 5) is 12.4. The van der Waals surface area contributed by atoms with E-state index in [0.717, 1.165) is 28.7 Å². The molecule has 3 aliphatic rings. The summed E-state index contributed by atoms with van der Waals surface area (Å²) in [5, 5.41) is 0. The molecular formula is C22H16O. The van der Waals surface area contributed by atoms with Crippen LogP contribution in [-0.4, -0.2) is 5.78 Å². The molecule has 0 radical (unpaired) electrons. The molecule has 0 N–H and O–H groups in total. The molecule has 1 nitrogen and oxygen atoms in total. The minimum Gasteiger partial charge on any atom is -0.289 e. The Morgan fingerprint density at radius 2 is 1.78 bits per heavy atom. The first-order valence-corrected chi connectivity index (χ1v) is 8.17. The molecule has 110 valence electrons. The summed E-state index contributed by atoms with van der Waals surface area (Å²) >= 11 is 0. The zero-order chi connectivity index (χ0) is 15.6. The molecule has 0 saturated heterocycles. The molecule has 1 fully saturated rings. The average molecular weight is 296 g/mol. The topological polar surface area (TPSA) is 17.1 Å². The van der Waals surface area contributed by atoms with Crippen LogP contribution < -0.4 is 0 Å². The summed E-state index contributed by atoms with van der Waals surface area (Å²) < 4.78 is 0. The van der Waals surface area contributed by atoms with E-state index in [9.17, 15) is 4.79 Å². The first-order chi connectivity index (χ1) is 11.2. The van der Waals surface area contributed by atoms with Crippen LogP contribution in [0.15, 0.2) is 54.1 Å². The third kappa shape index (κ3) is 1.61. The van der Waals surface area contributed by atoms with Crippen LogP contribution in [0.4, 0.5) is 0 Å². The monoisotopic (exact) mass is 296 g/mol. The zero-order valence-electron chi connectivity index (χ0n) is 13.0. The molecule has 0 amide bonds. The molecule has 1 heteroatoms. The van der Waals surface area contributed by atoms with E-state index in [0.29, 0.717) is 5.92 Å². The largest absolute Gasteiger partial charge is 0.289 e. The van der Waals surface area contributed by atoms with Gasteiger partial charge in [-0.3, -0.25) is 4.79 Å². The van der Waals surface area contributed by atoms with Gasteiger partial charge in [-0.1, -0.05) is 60.4 Å². The number of hydrogen-bond acceptors (Lipinski definition) is 1. The quantitative estimate of drug-likeness (QED) is 0.667. The highest BCUT2D eigenvalue weighted by Crippen LogP contribution is 2.61. The SMILES string of the molecule is CC1=C(C#CC23CC2Cc2ccccc23)c2ccccc2C1=O. The van der Waals surface area contributed by atoms with Crippen molar-refractivity contribution in [2.24, 2.45) is 5.92 Å². The zero-order valence-corrected chi connectivity index (χ0v) is 13.0. The highest BCUT2D eigenvalue weighted by molar-refractivity contribution is 6.22. The number of hydrogen-bond donors (Lipinski definition) is 0. The van der Waals surface area contributed by atoms with Crippen molar-refractivity contribution in [1.82, 2.24) is 0 Å². The van der Waals surface area contributed by atoms with Crippen LogP contribution in [-0.2, 0) is 11.8 Å². The van der Waals surface area contributed by atoms with E-state index in [-0.39, 0.29) is 11.2 Å². The number of Topliss-reactive ketones (excluding diaryl/α,β-unsaturated/α-hetero) is 1. The van der Waals surface area contributed by atoms with E-state index in [1.807, 2.05) is 31.2 Å². The van der Waals surface area contributed by atoms with Gasteiger partial charge in [0.1, 0.15) is 0 Å². The van der Waals surface area contributed by atoms with Crippen LogP contribution in [0.25, 0.3) is 5.57 Å². The minimum atomic E-state index is 0.0461. The van der Waals surface area contributed by atoms with Gasteiger partial charge >= 0.3 is 0 Å². The smallest absolute Gasteiger partial charge is 0.190 e. The summed E-state index contributed by atoms with van der Waals surface area (Å²) in [6.07, 6.45) is 2.32. The summed E-state index contributed by atoms with van der Waals surface area (Å²) in [6, 6.07) is 16.5. The van der Waals surface area contributed by atoms with Crippen molar-refractivity contribution in [2.45, 2.75) is 25.2 Å². The molecule has 0 spiro atoms. The lowest BCUT2D eigenvalue weighted by Crippen LogP contribution is -2.03. The number of ketones is 1. The fourth-order valence-electron chi connectivity index (χ4n) is 4.28. The lowest BCUT2D eigenvalue weighted by atomic mass is 9.95. The average Bonchev–Trinajstić information content (AvgIpc) is 3.11. The van der Waals surface area contributed by atoms with Gasteiger partial charge in [0, 0.05) is 22.3 Å². The summed E-state index contributed by atoms with van der Waals surface area (Å²) in [7, 11) is 0. The van der Waals surface area contributed by atoms with E-state index >= 15 is 0 Å². The second-order valence-electron chi connectivity index (χ2n) is 6.86. The summed E-state index contributed by atoms with van der Waals surface area (Å²) in [5.74, 6) is 7.75. The molecular weight excluding hydrogens is 280 g/mol. The molecule has 0 aliphatic heterocycles. The number of carbonyl (C=O) groups is 1. The summed E-state index contributed by atoms with van der Waals surface area (Å²) in [5.41, 5.74) is 6.42. The van der Waals surface area contributed by atoms with Gasteiger partial charge in [-0.15, -0.1) is 0 Å². The predicted molar refractivity (Wildman–Crippen MR) is 91.1 cm³/mol. The highest BCUT2D eigenvalue weighted by Gasteiger charge is 2.59. The van der Waals surface area contributed by atoms with Crippen molar-refractivity contribution in [3.05, 3.63) is 76.4 Å². The van der Waals surface area contributed by atoms with E-state index in [2.05, 4.69) is 36.1 Å². The Hall–Kier alpha value is -2.59. The maximum absolute atomic E-state index is 12.4. The maximum atomic E-state index is 12.4. The molecule has 1 saturated carbocycles. The van der Waals surface area contributed by atoms with Crippen molar-refractivity contribution in [1.29, 1.82) is 0 Å². The molecule has 0 bridgehead atoms. The van der Waals surface area contributed by atoms with Crippen LogP contribution in [0.1, 0.15) is 40.4 Å². The van der Waals surface area contributed by atoms with Crippen molar-refractivity contribution in [2.75, 3.05) is 0 Å². The van der Waals surface area contributed by atoms with Gasteiger partial charge in [0.25, 0.3) is 0 Å². The van der Waals surface area contributed by atoms with E-state index in [1.54, 1.807) is 0 Å². The van der Waals surface area contributed by atoms with Gasteiger partial charge in [0.05, 0.1) is 5.41 Å². The first kappa shape index (κ1) is 12.9. The van der Waals surface area contributed by atoms with Gasteiger partial charge in [0.15, 0.2) is 5.78 Å². The Balaban J connectivity index is 1.61. The lowest BCUT2D eigenvalue weighted by Gasteiger charge is -2.07. The molecule has 23 heavy (non-hydrogen) atoms. The molecule has 2 unspecified atom stereocenters. The van der Waals surface area contributed by atoms with E-state index < -0.39 is 0 Å². The normalized spacial score (nSPS) is 26.3. The summed E-state index contributed by atoms with van der Waals surface area (Å²) in [6.45, 7) is 1.90. The Morgan fingerprint density at radius 3 is 2.65 bits per heavy atom. The molecule has 5 rings (SSSR count). The van der Waals surface area contributed by atoms with Crippen molar-refractivity contribution in [3.8, 4) is 11.8 Å². The Labute approximate surface area is 136 Å². The van der Waals surface area contributed by atoms with Crippen molar-refractivity contribution >= 4 is 11.4 Å². The van der Waals surface area contributed by atoms with Gasteiger partial charge in [0.2, 0.25) is 0 Å². The van der Waals surface area contributed by atoms with Crippen molar-refractivity contribution < 1.29 is 4.79 Å². The third-order valence-corrected chi connectivity index (χ3v) is 5.64. The Kier molecular flexibility index (Phi) is 2.38. The van der Waals surface area contributed by atoms with Crippen LogP contribution in [0.5, 0.6) is 0 Å². The van der Waals surface area contributed by atoms with Gasteiger partial charge in [-0.25, -0.2) is 0 Å². The van der Waals surface area contributed by atoms with Crippen molar-refractivity contribution in [3.63, 3.8) is 0 Å². The molecule has 0 heterocycles. The van der Waals surface area contributed by atoms with Crippen LogP contribution >= 0.6 is 0 Å². The molecule has 0 aromatic heterocycles. The fourth-order valence-corrected chi connectivity index (χ4v) is 4.28. The third-order valence-electron chi connectivity index (χ3n) is 5.64. The number of rotatable bonds is 0. The Morgan fingerprint density at radius 1 is 1.04 bits per heavy atom.